The van der Waals surface area contributed by atoms with Gasteiger partial charge in [-0.1, -0.05) is 28.8 Å². The van der Waals surface area contributed by atoms with Crippen molar-refractivity contribution in [3.8, 4) is 0 Å². The average molecular weight is 452 g/mol. The first-order valence-corrected chi connectivity index (χ1v) is 8.55. The predicted octanol–water partition coefficient (Wildman–Crippen LogP) is -1.97. The molecular weight excluding hydrogens is 433 g/mol. The molecule has 2 aromatic carbocycles. The van der Waals surface area contributed by atoms with Crippen molar-refractivity contribution >= 4 is 29.4 Å². The molecule has 1 atom stereocenters. The summed E-state index contributed by atoms with van der Waals surface area (Å²) in [5.41, 5.74) is 2.48. The summed E-state index contributed by atoms with van der Waals surface area (Å²) in [6.07, 6.45) is 13.1. The number of hydrogen-bond acceptors (Lipinski definition) is 0. The fourth-order valence-corrected chi connectivity index (χ4v) is 3.64. The smallest absolute Gasteiger partial charge is 0.279 e. The van der Waals surface area contributed by atoms with Crippen molar-refractivity contribution in [2.45, 2.75) is 0 Å². The van der Waals surface area contributed by atoms with E-state index in [1.54, 1.807) is 0 Å². The molecule has 1 N–H and O–H groups in total. The Balaban J connectivity index is 0.00000168. The van der Waals surface area contributed by atoms with Crippen molar-refractivity contribution in [1.82, 2.24) is 0 Å². The Labute approximate surface area is 169 Å². The standard InChI is InChI=1S/C22H18N3.HI/c1-23-13-14-24(16-23)18-11-12-22-20(15-18)19-9-5-6-10-21(19)25(22)17-7-3-2-4-8-17;/h2-16H,1H3;1H/q-1;. The fraction of sp³-hybridized carbons (Fsp3) is 0.0455. The van der Waals surface area contributed by atoms with E-state index in [4.69, 9.17) is 0 Å². The highest BCUT2D eigenvalue weighted by Gasteiger charge is 2.17. The van der Waals surface area contributed by atoms with Crippen LogP contribution >= 0.6 is 0 Å². The molecule has 26 heavy (non-hydrogen) atoms. The van der Waals surface area contributed by atoms with Gasteiger partial charge in [0.05, 0.1) is 24.1 Å². The van der Waals surface area contributed by atoms with Crippen molar-refractivity contribution in [3.63, 3.8) is 0 Å². The summed E-state index contributed by atoms with van der Waals surface area (Å²) in [5, 5.41) is 3.76. The summed E-state index contributed by atoms with van der Waals surface area (Å²) >= 11 is 0. The van der Waals surface area contributed by atoms with Gasteiger partial charge in [0.15, 0.2) is 6.20 Å². The summed E-state index contributed by atoms with van der Waals surface area (Å²) in [6.45, 7) is 0. The molecule has 2 aliphatic rings. The maximum absolute atomic E-state index is 2.34. The Morgan fingerprint density at radius 1 is 1.04 bits per heavy atom. The SMILES string of the molecule is C[NH+]1C=C[N+]([C-]2C=C[c-]3c(c4ccccc4[n+]3=c3cccc[cH-]3)=C2)=C1.[I-]. The van der Waals surface area contributed by atoms with Crippen LogP contribution in [0, 0.1) is 11.4 Å². The second-order valence-corrected chi connectivity index (χ2v) is 6.49. The van der Waals surface area contributed by atoms with Gasteiger partial charge in [-0.2, -0.15) is 18.2 Å². The normalized spacial score (nSPS) is 17.7. The van der Waals surface area contributed by atoms with Crippen LogP contribution in [0.15, 0.2) is 73.1 Å². The quantitative estimate of drug-likeness (QED) is 0.250. The largest absolute Gasteiger partial charge is 1.00 e. The highest BCUT2D eigenvalue weighted by Crippen LogP contribution is 2.17. The lowest BCUT2D eigenvalue weighted by Gasteiger charge is -2.13. The van der Waals surface area contributed by atoms with Gasteiger partial charge in [0.1, 0.15) is 11.7 Å². The molecule has 1 aliphatic carbocycles. The van der Waals surface area contributed by atoms with E-state index in [-0.39, 0.29) is 24.0 Å². The first kappa shape index (κ1) is 17.0. The van der Waals surface area contributed by atoms with E-state index in [1.165, 1.54) is 38.1 Å². The van der Waals surface area contributed by atoms with Gasteiger partial charge >= 0.3 is 0 Å². The number of fused-ring (bicyclic) bond motifs is 3. The van der Waals surface area contributed by atoms with E-state index in [2.05, 4.69) is 107 Å². The van der Waals surface area contributed by atoms with Crippen LogP contribution in [0.4, 0.5) is 0 Å². The Kier molecular flexibility index (Phi) is 4.38. The maximum Gasteiger partial charge on any atom is 0.279 e. The van der Waals surface area contributed by atoms with E-state index in [1.807, 2.05) is 0 Å². The molecule has 3 nitrogen and oxygen atoms in total. The molecule has 3 aromatic rings. The van der Waals surface area contributed by atoms with E-state index in [0.29, 0.717) is 0 Å². The number of benzene rings is 2. The van der Waals surface area contributed by atoms with Gasteiger partial charge in [0, 0.05) is 0 Å². The highest BCUT2D eigenvalue weighted by atomic mass is 127. The van der Waals surface area contributed by atoms with Gasteiger partial charge in [0.2, 0.25) is 0 Å². The number of nitrogens with one attached hydrogen (secondary N) is 1. The lowest BCUT2D eigenvalue weighted by molar-refractivity contribution is -0.723. The lowest BCUT2D eigenvalue weighted by atomic mass is 10.1. The molecule has 2 heterocycles. The molecule has 5 rings (SSSR count). The van der Waals surface area contributed by atoms with E-state index < -0.39 is 0 Å². The number of quaternary nitrogens is 1. The van der Waals surface area contributed by atoms with Crippen LogP contribution in [-0.2, 0) is 0 Å². The zero-order valence-electron chi connectivity index (χ0n) is 14.4. The van der Waals surface area contributed by atoms with Crippen molar-refractivity contribution in [2.24, 2.45) is 0 Å². The van der Waals surface area contributed by atoms with Crippen LogP contribution in [0.3, 0.4) is 0 Å². The monoisotopic (exact) mass is 452 g/mol. The third-order valence-electron chi connectivity index (χ3n) is 4.81. The molecule has 0 bridgehead atoms. The minimum absolute atomic E-state index is 0. The summed E-state index contributed by atoms with van der Waals surface area (Å²) in [5.74, 6) is 0. The molecular formula is C22H19IN3-. The number of rotatable bonds is 1. The van der Waals surface area contributed by atoms with Gasteiger partial charge in [-0.15, -0.1) is 30.4 Å². The van der Waals surface area contributed by atoms with Crippen LogP contribution in [0.1, 0.15) is 5.69 Å². The molecule has 1 unspecified atom stereocenters. The molecule has 4 heteroatoms. The molecule has 1 aromatic heterocycles. The number of aromatic nitrogens is 1. The van der Waals surface area contributed by atoms with Crippen LogP contribution in [-0.4, -0.2) is 18.0 Å². The molecule has 0 amide bonds. The zero-order valence-corrected chi connectivity index (χ0v) is 16.6. The minimum Gasteiger partial charge on any atom is -1.00 e. The van der Waals surface area contributed by atoms with Gasteiger partial charge in [0.25, 0.3) is 6.34 Å². The lowest BCUT2D eigenvalue weighted by Crippen LogP contribution is -3.02. The minimum atomic E-state index is 0. The van der Waals surface area contributed by atoms with Crippen LogP contribution in [0.25, 0.3) is 23.1 Å². The molecule has 130 valence electrons. The van der Waals surface area contributed by atoms with Gasteiger partial charge in [-0.3, -0.25) is 9.14 Å². The zero-order chi connectivity index (χ0) is 16.8. The van der Waals surface area contributed by atoms with E-state index in [0.717, 1.165) is 0 Å². The van der Waals surface area contributed by atoms with Crippen LogP contribution in [0.2, 0.25) is 0 Å². The Morgan fingerprint density at radius 2 is 1.88 bits per heavy atom. The van der Waals surface area contributed by atoms with Crippen LogP contribution < -0.4 is 38.3 Å². The second-order valence-electron chi connectivity index (χ2n) is 6.49. The predicted molar refractivity (Wildman–Crippen MR) is 99.1 cm³/mol. The third kappa shape index (κ3) is 2.66. The molecule has 0 saturated carbocycles. The number of halogens is 1. The van der Waals surface area contributed by atoms with Gasteiger partial charge in [-0.05, 0) is 6.07 Å². The topological polar surface area (TPSA) is 13.4 Å². The molecule has 0 saturated heterocycles. The fourth-order valence-electron chi connectivity index (χ4n) is 3.64. The summed E-state index contributed by atoms with van der Waals surface area (Å²) in [6, 6.07) is 20.4. The summed E-state index contributed by atoms with van der Waals surface area (Å²) in [4.78, 5) is 1.27. The highest BCUT2D eigenvalue weighted by molar-refractivity contribution is 5.83. The molecule has 0 spiro atoms. The Hall–Kier alpha value is -2.44. The van der Waals surface area contributed by atoms with Crippen molar-refractivity contribution < 1.29 is 37.7 Å². The van der Waals surface area contributed by atoms with Crippen molar-refractivity contribution in [2.75, 3.05) is 7.05 Å². The van der Waals surface area contributed by atoms with Gasteiger partial charge < -0.3 is 24.0 Å². The first-order valence-electron chi connectivity index (χ1n) is 8.55. The molecule has 0 fully saturated rings. The van der Waals surface area contributed by atoms with Crippen LogP contribution in [0.5, 0.6) is 0 Å². The number of nitrogens with zero attached hydrogens (tertiary/aromatic N) is 2. The van der Waals surface area contributed by atoms with Gasteiger partial charge in [-0.25, -0.2) is 4.58 Å². The van der Waals surface area contributed by atoms with Crippen molar-refractivity contribution in [3.05, 3.63) is 95.4 Å². The van der Waals surface area contributed by atoms with E-state index >= 15 is 0 Å². The average Bonchev–Trinajstić information content (AvgIpc) is 3.23. The van der Waals surface area contributed by atoms with Crippen molar-refractivity contribution in [1.29, 1.82) is 0 Å². The van der Waals surface area contributed by atoms with E-state index in [9.17, 15) is 0 Å². The number of hydrogen-bond donors (Lipinski definition) is 1. The number of para-hydroxylation sites is 2. The molecule has 0 radical (unpaired) electrons. The molecule has 1 aliphatic heterocycles. The third-order valence-corrected chi connectivity index (χ3v) is 4.81. The Bertz CT molecular complexity index is 1210. The summed E-state index contributed by atoms with van der Waals surface area (Å²) in [7, 11) is 2.12. The maximum atomic E-state index is 2.34. The first-order chi connectivity index (χ1) is 12.3. The second kappa shape index (κ2) is 6.70. The summed E-state index contributed by atoms with van der Waals surface area (Å²) < 4.78 is 4.53. The Morgan fingerprint density at radius 3 is 2.65 bits per heavy atom.